The second-order valence-electron chi connectivity index (χ2n) is 9.80. The Hall–Kier alpha value is -2.60. The van der Waals surface area contributed by atoms with Gasteiger partial charge in [-0.1, -0.05) is 24.3 Å². The molecular formula is C25H34N2O4. The van der Waals surface area contributed by atoms with Crippen LogP contribution in [0.4, 0.5) is 4.79 Å². The molecule has 2 atom stereocenters. The van der Waals surface area contributed by atoms with Crippen LogP contribution in [-0.2, 0) is 4.74 Å². The van der Waals surface area contributed by atoms with E-state index in [0.29, 0.717) is 19.4 Å². The molecule has 0 spiro atoms. The van der Waals surface area contributed by atoms with E-state index in [2.05, 4.69) is 0 Å². The van der Waals surface area contributed by atoms with E-state index in [4.69, 9.17) is 4.74 Å². The second kappa shape index (κ2) is 8.50. The summed E-state index contributed by atoms with van der Waals surface area (Å²) in [5.74, 6) is 0. The normalized spacial score (nSPS) is 20.6. The molecule has 1 fully saturated rings. The third-order valence-electron chi connectivity index (χ3n) is 5.95. The lowest BCUT2D eigenvalue weighted by molar-refractivity contribution is -0.0859. The molecule has 0 bridgehead atoms. The zero-order valence-electron chi connectivity index (χ0n) is 19.4. The Labute approximate surface area is 184 Å². The van der Waals surface area contributed by atoms with E-state index in [1.807, 2.05) is 64.2 Å². The van der Waals surface area contributed by atoms with Gasteiger partial charge < -0.3 is 19.3 Å². The van der Waals surface area contributed by atoms with Gasteiger partial charge in [0.05, 0.1) is 11.6 Å². The summed E-state index contributed by atoms with van der Waals surface area (Å²) >= 11 is 0. The number of amides is 1. The fraction of sp³-hybridized carbons (Fsp3) is 0.520. The van der Waals surface area contributed by atoms with Crippen LogP contribution in [0.25, 0.3) is 11.1 Å². The molecule has 1 N–H and O–H groups in total. The Morgan fingerprint density at radius 1 is 1.10 bits per heavy atom. The second-order valence-corrected chi connectivity index (χ2v) is 9.80. The van der Waals surface area contributed by atoms with Gasteiger partial charge in [0.15, 0.2) is 0 Å². The maximum atomic E-state index is 12.7. The highest BCUT2D eigenvalue weighted by Gasteiger charge is 2.41. The SMILES string of the molecule is CC(C)n1ccc(-c2ccc([C@H](C)N3CC[C@@](C)(CC(C)(C)O)OC3=O)cc2)cc1=O. The lowest BCUT2D eigenvalue weighted by Gasteiger charge is -2.43. The molecule has 31 heavy (non-hydrogen) atoms. The minimum Gasteiger partial charge on any atom is -0.443 e. The van der Waals surface area contributed by atoms with Gasteiger partial charge in [-0.25, -0.2) is 4.79 Å². The highest BCUT2D eigenvalue weighted by atomic mass is 16.6. The number of rotatable bonds is 6. The monoisotopic (exact) mass is 426 g/mol. The van der Waals surface area contributed by atoms with Gasteiger partial charge in [0.1, 0.15) is 5.60 Å². The fourth-order valence-electron chi connectivity index (χ4n) is 4.39. The van der Waals surface area contributed by atoms with Crippen molar-refractivity contribution in [2.45, 2.75) is 77.7 Å². The number of carbonyl (C=O) groups excluding carboxylic acids is 1. The van der Waals surface area contributed by atoms with Crippen molar-refractivity contribution in [1.29, 1.82) is 0 Å². The first kappa shape index (κ1) is 23.1. The minimum absolute atomic E-state index is 0.0184. The van der Waals surface area contributed by atoms with Crippen LogP contribution >= 0.6 is 0 Å². The molecule has 3 rings (SSSR count). The first-order valence-electron chi connectivity index (χ1n) is 10.9. The maximum Gasteiger partial charge on any atom is 0.410 e. The average molecular weight is 427 g/mol. The summed E-state index contributed by atoms with van der Waals surface area (Å²) in [7, 11) is 0. The molecule has 6 heteroatoms. The van der Waals surface area contributed by atoms with Gasteiger partial charge in [-0.3, -0.25) is 4.79 Å². The Balaban J connectivity index is 1.72. The van der Waals surface area contributed by atoms with Crippen molar-refractivity contribution in [2.24, 2.45) is 0 Å². The molecule has 0 unspecified atom stereocenters. The molecule has 1 aromatic carbocycles. The summed E-state index contributed by atoms with van der Waals surface area (Å²) in [4.78, 5) is 26.7. The topological polar surface area (TPSA) is 71.8 Å². The number of benzene rings is 1. The molecule has 0 saturated carbocycles. The van der Waals surface area contributed by atoms with Crippen molar-refractivity contribution in [3.8, 4) is 11.1 Å². The van der Waals surface area contributed by atoms with Crippen molar-refractivity contribution in [3.05, 3.63) is 58.5 Å². The molecule has 168 valence electrons. The maximum absolute atomic E-state index is 12.7. The van der Waals surface area contributed by atoms with Crippen LogP contribution < -0.4 is 5.56 Å². The van der Waals surface area contributed by atoms with Gasteiger partial charge in [-0.05, 0) is 64.3 Å². The highest BCUT2D eigenvalue weighted by molar-refractivity contribution is 5.70. The summed E-state index contributed by atoms with van der Waals surface area (Å²) in [6.07, 6.45) is 2.54. The van der Waals surface area contributed by atoms with Crippen LogP contribution in [0.5, 0.6) is 0 Å². The molecule has 1 saturated heterocycles. The van der Waals surface area contributed by atoms with Crippen molar-refractivity contribution >= 4 is 6.09 Å². The van der Waals surface area contributed by atoms with Crippen LogP contribution in [0.1, 0.15) is 72.0 Å². The predicted octanol–water partition coefficient (Wildman–Crippen LogP) is 4.92. The smallest absolute Gasteiger partial charge is 0.410 e. The standard InChI is InChI=1S/C25H34N2O4/c1-17(2)26-13-11-21(15-22(26)28)20-9-7-19(8-10-20)18(3)27-14-12-25(6,31-23(27)29)16-24(4,5)30/h7-11,13,15,17-18,30H,12,14,16H2,1-6H3/t18-,25-/m0/s1. The van der Waals surface area contributed by atoms with E-state index in [-0.39, 0.29) is 23.7 Å². The van der Waals surface area contributed by atoms with Crippen LogP contribution in [0.2, 0.25) is 0 Å². The van der Waals surface area contributed by atoms with Gasteiger partial charge in [0, 0.05) is 37.7 Å². The zero-order valence-corrected chi connectivity index (χ0v) is 19.4. The number of ether oxygens (including phenoxy) is 1. The lowest BCUT2D eigenvalue weighted by Crippen LogP contribution is -2.51. The lowest BCUT2D eigenvalue weighted by atomic mass is 9.87. The Bertz CT molecular complexity index is 988. The number of hydrogen-bond acceptors (Lipinski definition) is 4. The van der Waals surface area contributed by atoms with Gasteiger partial charge in [0.2, 0.25) is 0 Å². The first-order chi connectivity index (χ1) is 14.4. The van der Waals surface area contributed by atoms with E-state index >= 15 is 0 Å². The third-order valence-corrected chi connectivity index (χ3v) is 5.95. The summed E-state index contributed by atoms with van der Waals surface area (Å²) < 4.78 is 7.43. The van der Waals surface area contributed by atoms with Crippen LogP contribution in [0, 0.1) is 0 Å². The van der Waals surface area contributed by atoms with Crippen molar-refractivity contribution in [2.75, 3.05) is 6.54 Å². The quantitative estimate of drug-likeness (QED) is 0.712. The summed E-state index contributed by atoms with van der Waals surface area (Å²) in [6, 6.07) is 11.5. The van der Waals surface area contributed by atoms with E-state index in [0.717, 1.165) is 16.7 Å². The van der Waals surface area contributed by atoms with E-state index in [9.17, 15) is 14.7 Å². The summed E-state index contributed by atoms with van der Waals surface area (Å²) in [5, 5.41) is 10.1. The third kappa shape index (κ3) is 5.37. The van der Waals surface area contributed by atoms with E-state index in [1.54, 1.807) is 29.4 Å². The molecule has 2 heterocycles. The Kier molecular flexibility index (Phi) is 6.33. The predicted molar refractivity (Wildman–Crippen MR) is 122 cm³/mol. The molecule has 2 aromatic rings. The van der Waals surface area contributed by atoms with E-state index in [1.165, 1.54) is 0 Å². The van der Waals surface area contributed by atoms with Crippen molar-refractivity contribution in [3.63, 3.8) is 0 Å². The first-order valence-corrected chi connectivity index (χ1v) is 10.9. The van der Waals surface area contributed by atoms with Crippen LogP contribution in [-0.4, -0.2) is 38.4 Å². The molecule has 1 aliphatic heterocycles. The number of aromatic nitrogens is 1. The molecule has 1 aliphatic rings. The highest BCUT2D eigenvalue weighted by Crippen LogP contribution is 2.35. The number of aliphatic hydroxyl groups is 1. The number of pyridine rings is 1. The van der Waals surface area contributed by atoms with Crippen molar-refractivity contribution in [1.82, 2.24) is 9.47 Å². The average Bonchev–Trinajstić information content (AvgIpc) is 2.65. The Morgan fingerprint density at radius 2 is 1.74 bits per heavy atom. The molecule has 1 aromatic heterocycles. The molecular weight excluding hydrogens is 392 g/mol. The van der Waals surface area contributed by atoms with Crippen molar-refractivity contribution < 1.29 is 14.6 Å². The van der Waals surface area contributed by atoms with Crippen LogP contribution in [0.15, 0.2) is 47.4 Å². The van der Waals surface area contributed by atoms with Gasteiger partial charge in [-0.15, -0.1) is 0 Å². The van der Waals surface area contributed by atoms with Crippen LogP contribution in [0.3, 0.4) is 0 Å². The molecule has 6 nitrogen and oxygen atoms in total. The Morgan fingerprint density at radius 3 is 2.26 bits per heavy atom. The van der Waals surface area contributed by atoms with E-state index < -0.39 is 11.2 Å². The molecule has 0 aliphatic carbocycles. The zero-order chi connectivity index (χ0) is 23.0. The minimum atomic E-state index is -0.894. The molecule has 0 radical (unpaired) electrons. The summed E-state index contributed by atoms with van der Waals surface area (Å²) in [5.41, 5.74) is 1.27. The van der Waals surface area contributed by atoms with Gasteiger partial charge in [0.25, 0.3) is 5.56 Å². The fourth-order valence-corrected chi connectivity index (χ4v) is 4.39. The number of hydrogen-bond donors (Lipinski definition) is 1. The van der Waals surface area contributed by atoms with Gasteiger partial charge in [-0.2, -0.15) is 0 Å². The number of cyclic esters (lactones) is 1. The summed E-state index contributed by atoms with van der Waals surface area (Å²) in [6.45, 7) is 11.9. The number of carbonyl (C=O) groups is 1. The largest absolute Gasteiger partial charge is 0.443 e. The molecule has 1 amide bonds. The number of nitrogens with zero attached hydrogens (tertiary/aromatic N) is 2. The van der Waals surface area contributed by atoms with Gasteiger partial charge >= 0.3 is 6.09 Å².